The first-order valence-electron chi connectivity index (χ1n) is 6.83. The zero-order valence-corrected chi connectivity index (χ0v) is 11.3. The molecule has 1 unspecified atom stereocenters. The molecule has 1 amide bonds. The summed E-state index contributed by atoms with van der Waals surface area (Å²) in [5, 5.41) is 2.79. The normalized spacial score (nSPS) is 17.9. The Hall–Kier alpha value is -2.21. The van der Waals surface area contributed by atoms with Gasteiger partial charge < -0.3 is 14.5 Å². The zero-order valence-electron chi connectivity index (χ0n) is 11.3. The van der Waals surface area contributed by atoms with Crippen LogP contribution in [0.5, 0.6) is 0 Å². The van der Waals surface area contributed by atoms with Crippen LogP contribution in [0.2, 0.25) is 0 Å². The van der Waals surface area contributed by atoms with Gasteiger partial charge in [-0.1, -0.05) is 0 Å². The predicted molar refractivity (Wildman–Crippen MR) is 73.2 cm³/mol. The van der Waals surface area contributed by atoms with E-state index in [-0.39, 0.29) is 23.5 Å². The van der Waals surface area contributed by atoms with Gasteiger partial charge in [-0.25, -0.2) is 9.37 Å². The van der Waals surface area contributed by atoms with Crippen LogP contribution in [-0.2, 0) is 4.74 Å². The van der Waals surface area contributed by atoms with Crippen LogP contribution in [0.1, 0.15) is 23.3 Å². The molecule has 1 aromatic carbocycles. The van der Waals surface area contributed by atoms with Gasteiger partial charge in [0, 0.05) is 18.7 Å². The standard InChI is InChI=1S/C15H15FN2O3/c16-11-5-3-10(4-6-11)14-13(18-9-21-14)15(19)17-8-12-2-1-7-20-12/h3-6,9,12H,1-2,7-8H2,(H,17,19). The predicted octanol–water partition coefficient (Wildman–Crippen LogP) is 2.39. The number of benzene rings is 1. The molecular formula is C15H15FN2O3. The molecule has 0 saturated carbocycles. The summed E-state index contributed by atoms with van der Waals surface area (Å²) in [5.74, 6) is -0.332. The number of halogens is 1. The van der Waals surface area contributed by atoms with Gasteiger partial charge in [-0.05, 0) is 37.1 Å². The van der Waals surface area contributed by atoms with Crippen LogP contribution >= 0.6 is 0 Å². The highest BCUT2D eigenvalue weighted by atomic mass is 19.1. The lowest BCUT2D eigenvalue weighted by atomic mass is 10.1. The van der Waals surface area contributed by atoms with Crippen molar-refractivity contribution in [3.05, 3.63) is 42.2 Å². The molecule has 1 aliphatic rings. The lowest BCUT2D eigenvalue weighted by Crippen LogP contribution is -2.32. The number of ether oxygens (including phenoxy) is 1. The van der Waals surface area contributed by atoms with Crippen molar-refractivity contribution in [1.82, 2.24) is 10.3 Å². The van der Waals surface area contributed by atoms with E-state index in [0.717, 1.165) is 19.4 Å². The van der Waals surface area contributed by atoms with E-state index in [1.807, 2.05) is 0 Å². The minimum Gasteiger partial charge on any atom is -0.443 e. The number of rotatable bonds is 4. The van der Waals surface area contributed by atoms with Crippen molar-refractivity contribution in [2.24, 2.45) is 0 Å². The Morgan fingerprint density at radius 1 is 1.38 bits per heavy atom. The van der Waals surface area contributed by atoms with Crippen LogP contribution in [0.4, 0.5) is 4.39 Å². The van der Waals surface area contributed by atoms with Crippen molar-refractivity contribution in [1.29, 1.82) is 0 Å². The summed E-state index contributed by atoms with van der Waals surface area (Å²) < 4.78 is 23.6. The highest BCUT2D eigenvalue weighted by Crippen LogP contribution is 2.23. The van der Waals surface area contributed by atoms with E-state index in [9.17, 15) is 9.18 Å². The molecule has 6 heteroatoms. The average molecular weight is 290 g/mol. The molecule has 21 heavy (non-hydrogen) atoms. The van der Waals surface area contributed by atoms with E-state index in [2.05, 4.69) is 10.3 Å². The van der Waals surface area contributed by atoms with Crippen molar-refractivity contribution in [3.8, 4) is 11.3 Å². The average Bonchev–Trinajstić information content (AvgIpc) is 3.17. The van der Waals surface area contributed by atoms with Gasteiger partial charge in [0.05, 0.1) is 6.10 Å². The third-order valence-electron chi connectivity index (χ3n) is 3.40. The molecule has 0 aliphatic carbocycles. The first-order valence-corrected chi connectivity index (χ1v) is 6.83. The van der Waals surface area contributed by atoms with Crippen molar-refractivity contribution >= 4 is 5.91 Å². The van der Waals surface area contributed by atoms with E-state index < -0.39 is 0 Å². The van der Waals surface area contributed by atoms with Crippen LogP contribution in [-0.4, -0.2) is 30.1 Å². The highest BCUT2D eigenvalue weighted by Gasteiger charge is 2.21. The Labute approximate surface area is 121 Å². The third kappa shape index (κ3) is 3.11. The first-order chi connectivity index (χ1) is 10.2. The maximum atomic E-state index is 12.9. The minimum atomic E-state index is -0.345. The fraction of sp³-hybridized carbons (Fsp3) is 0.333. The molecule has 0 spiro atoms. The summed E-state index contributed by atoms with van der Waals surface area (Å²) in [5.41, 5.74) is 0.802. The summed E-state index contributed by atoms with van der Waals surface area (Å²) >= 11 is 0. The van der Waals surface area contributed by atoms with Gasteiger partial charge in [-0.15, -0.1) is 0 Å². The van der Waals surface area contributed by atoms with E-state index in [1.54, 1.807) is 12.1 Å². The zero-order chi connectivity index (χ0) is 14.7. The van der Waals surface area contributed by atoms with Crippen molar-refractivity contribution in [3.63, 3.8) is 0 Å². The largest absolute Gasteiger partial charge is 0.443 e. The molecule has 1 saturated heterocycles. The molecule has 1 aliphatic heterocycles. The first kappa shape index (κ1) is 13.8. The Bertz CT molecular complexity index is 618. The van der Waals surface area contributed by atoms with Crippen LogP contribution < -0.4 is 5.32 Å². The SMILES string of the molecule is O=C(NCC1CCCO1)c1ncoc1-c1ccc(F)cc1. The van der Waals surface area contributed by atoms with Crippen molar-refractivity contribution in [2.75, 3.05) is 13.2 Å². The van der Waals surface area contributed by atoms with Gasteiger partial charge in [-0.3, -0.25) is 4.79 Å². The second kappa shape index (κ2) is 6.05. The fourth-order valence-electron chi connectivity index (χ4n) is 2.31. The number of amides is 1. The number of aromatic nitrogens is 1. The number of nitrogens with one attached hydrogen (secondary N) is 1. The van der Waals surface area contributed by atoms with Crippen LogP contribution in [0.15, 0.2) is 35.1 Å². The molecular weight excluding hydrogens is 275 g/mol. The van der Waals surface area contributed by atoms with Gasteiger partial charge in [0.2, 0.25) is 0 Å². The molecule has 5 nitrogen and oxygen atoms in total. The summed E-state index contributed by atoms with van der Waals surface area (Å²) in [6, 6.07) is 5.72. The van der Waals surface area contributed by atoms with Gasteiger partial charge in [-0.2, -0.15) is 0 Å². The van der Waals surface area contributed by atoms with Crippen LogP contribution in [0.3, 0.4) is 0 Å². The summed E-state index contributed by atoms with van der Waals surface area (Å²) in [4.78, 5) is 16.1. The van der Waals surface area contributed by atoms with Gasteiger partial charge >= 0.3 is 0 Å². The van der Waals surface area contributed by atoms with Crippen molar-refractivity contribution < 1.29 is 18.3 Å². The molecule has 1 N–H and O–H groups in total. The number of carbonyl (C=O) groups is 1. The maximum absolute atomic E-state index is 12.9. The second-order valence-electron chi connectivity index (χ2n) is 4.88. The number of carbonyl (C=O) groups excluding carboxylic acids is 1. The number of hydrogen-bond acceptors (Lipinski definition) is 4. The minimum absolute atomic E-state index is 0.0649. The molecule has 1 atom stereocenters. The van der Waals surface area contributed by atoms with Crippen molar-refractivity contribution in [2.45, 2.75) is 18.9 Å². The summed E-state index contributed by atoms with van der Waals surface area (Å²) in [7, 11) is 0. The Morgan fingerprint density at radius 2 is 2.19 bits per heavy atom. The third-order valence-corrected chi connectivity index (χ3v) is 3.40. The monoisotopic (exact) mass is 290 g/mol. The number of oxazole rings is 1. The Morgan fingerprint density at radius 3 is 2.90 bits per heavy atom. The molecule has 3 rings (SSSR count). The van der Waals surface area contributed by atoms with E-state index in [1.165, 1.54) is 18.5 Å². The topological polar surface area (TPSA) is 64.4 Å². The quantitative estimate of drug-likeness (QED) is 0.939. The molecule has 1 fully saturated rings. The van der Waals surface area contributed by atoms with Gasteiger partial charge in [0.25, 0.3) is 5.91 Å². The maximum Gasteiger partial charge on any atom is 0.274 e. The van der Waals surface area contributed by atoms with E-state index in [0.29, 0.717) is 17.9 Å². The number of hydrogen-bond donors (Lipinski definition) is 1. The van der Waals surface area contributed by atoms with Gasteiger partial charge in [0.15, 0.2) is 17.8 Å². The molecule has 110 valence electrons. The highest BCUT2D eigenvalue weighted by molar-refractivity contribution is 5.97. The lowest BCUT2D eigenvalue weighted by Gasteiger charge is -2.10. The molecule has 1 aromatic heterocycles. The smallest absolute Gasteiger partial charge is 0.274 e. The molecule has 0 radical (unpaired) electrons. The van der Waals surface area contributed by atoms with Gasteiger partial charge in [0.1, 0.15) is 5.82 Å². The molecule has 2 heterocycles. The van der Waals surface area contributed by atoms with E-state index >= 15 is 0 Å². The number of nitrogens with zero attached hydrogens (tertiary/aromatic N) is 1. The Kier molecular flexibility index (Phi) is 3.96. The summed E-state index contributed by atoms with van der Waals surface area (Å²) in [6.45, 7) is 1.19. The second-order valence-corrected chi connectivity index (χ2v) is 4.88. The van der Waals surface area contributed by atoms with Crippen LogP contribution in [0, 0.1) is 5.82 Å². The van der Waals surface area contributed by atoms with Crippen LogP contribution in [0.25, 0.3) is 11.3 Å². The van der Waals surface area contributed by atoms with E-state index in [4.69, 9.17) is 9.15 Å². The summed E-state index contributed by atoms with van der Waals surface area (Å²) in [6.07, 6.45) is 3.24. The lowest BCUT2D eigenvalue weighted by molar-refractivity contribution is 0.0854. The molecule has 0 bridgehead atoms. The molecule has 2 aromatic rings. The Balaban J connectivity index is 1.72. The fourth-order valence-corrected chi connectivity index (χ4v) is 2.31.